The van der Waals surface area contributed by atoms with Crippen LogP contribution in [0.1, 0.15) is 335 Å². The summed E-state index contributed by atoms with van der Waals surface area (Å²) in [6.07, 6.45) is 67.3. The molecule has 0 saturated heterocycles. The van der Waals surface area contributed by atoms with E-state index in [-0.39, 0.29) is 38.6 Å². The number of esters is 2. The summed E-state index contributed by atoms with van der Waals surface area (Å²) in [5.74, 6) is -0.813. The van der Waals surface area contributed by atoms with Gasteiger partial charge >= 0.3 is 19.8 Å². The third kappa shape index (κ3) is 57.9. The second-order valence-corrected chi connectivity index (χ2v) is 22.7. The van der Waals surface area contributed by atoms with Crippen molar-refractivity contribution in [3.63, 3.8) is 0 Å². The van der Waals surface area contributed by atoms with Crippen molar-refractivity contribution in [2.45, 2.75) is 341 Å². The minimum Gasteiger partial charge on any atom is -0.462 e. The molecule has 0 aliphatic carbocycles. The zero-order valence-corrected chi connectivity index (χ0v) is 48.1. The van der Waals surface area contributed by atoms with Gasteiger partial charge in [-0.15, -0.1) is 0 Å². The summed E-state index contributed by atoms with van der Waals surface area (Å²) in [6, 6.07) is 0. The van der Waals surface area contributed by atoms with Crippen molar-refractivity contribution in [1.29, 1.82) is 0 Å². The van der Waals surface area contributed by atoms with Crippen LogP contribution in [0.5, 0.6) is 0 Å². The molecule has 0 aliphatic heterocycles. The maximum absolute atomic E-state index is 12.7. The molecular formula is C61H120NO8P. The topological polar surface area (TPSA) is 134 Å². The normalized spacial score (nSPS) is 13.0. The standard InChI is InChI=1S/C61H120NO8P/c1-3-5-7-9-11-13-15-17-19-21-22-23-24-25-26-27-28-29-30-31-32-33-34-35-36-38-39-41-43-45-47-49-51-53-60(63)67-57-59(58-69-71(65,66)68-56-55-62)70-61(64)54-52-50-48-46-44-42-40-37-20-18-16-14-12-10-8-6-4-2/h18,20,59H,3-17,19,21-58,62H2,1-2H3,(H,65,66)/b20-18-. The molecule has 0 fully saturated rings. The molecular weight excluding hydrogens is 906 g/mol. The van der Waals surface area contributed by atoms with E-state index >= 15 is 0 Å². The van der Waals surface area contributed by atoms with Gasteiger partial charge in [0.2, 0.25) is 0 Å². The first kappa shape index (κ1) is 69.8. The van der Waals surface area contributed by atoms with Crippen LogP contribution in [0.3, 0.4) is 0 Å². The molecule has 10 heteroatoms. The Balaban J connectivity index is 3.79. The van der Waals surface area contributed by atoms with E-state index in [9.17, 15) is 19.0 Å². The molecule has 0 radical (unpaired) electrons. The Labute approximate surface area is 440 Å². The van der Waals surface area contributed by atoms with Gasteiger partial charge in [0.15, 0.2) is 6.10 Å². The molecule has 0 aromatic carbocycles. The predicted octanol–water partition coefficient (Wildman–Crippen LogP) is 19.6. The first-order valence-corrected chi connectivity index (χ1v) is 32.7. The van der Waals surface area contributed by atoms with Crippen LogP contribution >= 0.6 is 7.82 Å². The van der Waals surface area contributed by atoms with Gasteiger partial charge in [-0.25, -0.2) is 4.57 Å². The minimum absolute atomic E-state index is 0.0559. The van der Waals surface area contributed by atoms with Gasteiger partial charge in [0, 0.05) is 19.4 Å². The third-order valence-electron chi connectivity index (χ3n) is 14.2. The molecule has 0 rings (SSSR count). The molecule has 0 aliphatic rings. The van der Waals surface area contributed by atoms with Crippen LogP contribution in [0, 0.1) is 0 Å². The highest BCUT2D eigenvalue weighted by atomic mass is 31.2. The Kier molecular flexibility index (Phi) is 57.0. The summed E-state index contributed by atoms with van der Waals surface area (Å²) in [4.78, 5) is 35.2. The number of unbranched alkanes of at least 4 members (excludes halogenated alkanes) is 45. The van der Waals surface area contributed by atoms with E-state index < -0.39 is 26.5 Å². The van der Waals surface area contributed by atoms with Crippen LogP contribution < -0.4 is 5.73 Å². The highest BCUT2D eigenvalue weighted by Gasteiger charge is 2.26. The lowest BCUT2D eigenvalue weighted by atomic mass is 10.0. The van der Waals surface area contributed by atoms with E-state index in [1.165, 1.54) is 257 Å². The molecule has 9 nitrogen and oxygen atoms in total. The maximum Gasteiger partial charge on any atom is 0.472 e. The third-order valence-corrected chi connectivity index (χ3v) is 15.1. The minimum atomic E-state index is -4.38. The summed E-state index contributed by atoms with van der Waals surface area (Å²) in [7, 11) is -4.38. The van der Waals surface area contributed by atoms with E-state index in [4.69, 9.17) is 24.3 Å². The van der Waals surface area contributed by atoms with Crippen molar-refractivity contribution in [2.24, 2.45) is 5.73 Å². The van der Waals surface area contributed by atoms with Crippen molar-refractivity contribution in [1.82, 2.24) is 0 Å². The fraction of sp³-hybridized carbons (Fsp3) is 0.934. The van der Waals surface area contributed by atoms with Crippen LogP contribution in [0.15, 0.2) is 12.2 Å². The number of ether oxygens (including phenoxy) is 2. The van der Waals surface area contributed by atoms with E-state index in [1.54, 1.807) is 0 Å². The summed E-state index contributed by atoms with van der Waals surface area (Å²) in [5, 5.41) is 0. The lowest BCUT2D eigenvalue weighted by molar-refractivity contribution is -0.161. The molecule has 2 atom stereocenters. The van der Waals surface area contributed by atoms with Crippen LogP contribution in [0.25, 0.3) is 0 Å². The fourth-order valence-electron chi connectivity index (χ4n) is 9.52. The molecule has 0 aromatic heterocycles. The Bertz CT molecular complexity index is 1170. The van der Waals surface area contributed by atoms with Crippen molar-refractivity contribution < 1.29 is 37.6 Å². The van der Waals surface area contributed by atoms with E-state index in [0.29, 0.717) is 6.42 Å². The number of hydrogen-bond acceptors (Lipinski definition) is 8. The summed E-state index contributed by atoms with van der Waals surface area (Å²) >= 11 is 0. The first-order chi connectivity index (χ1) is 34.8. The Morgan fingerprint density at radius 2 is 0.690 bits per heavy atom. The average molecular weight is 1030 g/mol. The van der Waals surface area contributed by atoms with Crippen LogP contribution in [-0.2, 0) is 32.7 Å². The average Bonchev–Trinajstić information content (AvgIpc) is 3.36. The van der Waals surface area contributed by atoms with Gasteiger partial charge in [-0.05, 0) is 38.5 Å². The SMILES string of the molecule is CCCCCCCC/C=C\CCCCCCCCCC(=O)OC(COC(=O)CCCCCCCCCCCCCCCCCCCCCCCCCCCCCCCCCCC)COP(=O)(O)OCCN. The smallest absolute Gasteiger partial charge is 0.462 e. The maximum atomic E-state index is 12.7. The highest BCUT2D eigenvalue weighted by molar-refractivity contribution is 7.47. The van der Waals surface area contributed by atoms with E-state index in [1.807, 2.05) is 0 Å². The predicted molar refractivity (Wildman–Crippen MR) is 303 cm³/mol. The van der Waals surface area contributed by atoms with Crippen LogP contribution in [0.2, 0.25) is 0 Å². The van der Waals surface area contributed by atoms with Gasteiger partial charge in [-0.2, -0.15) is 0 Å². The Morgan fingerprint density at radius 3 is 1.00 bits per heavy atom. The quantitative estimate of drug-likeness (QED) is 0.0264. The van der Waals surface area contributed by atoms with Gasteiger partial charge in [0.05, 0.1) is 13.2 Å². The van der Waals surface area contributed by atoms with Crippen molar-refractivity contribution in [3.05, 3.63) is 12.2 Å². The number of rotatable bonds is 60. The highest BCUT2D eigenvalue weighted by Crippen LogP contribution is 2.43. The van der Waals surface area contributed by atoms with Gasteiger partial charge in [-0.3, -0.25) is 18.6 Å². The largest absolute Gasteiger partial charge is 0.472 e. The summed E-state index contributed by atoms with van der Waals surface area (Å²) in [5.41, 5.74) is 5.38. The van der Waals surface area contributed by atoms with Crippen molar-refractivity contribution >= 4 is 19.8 Å². The van der Waals surface area contributed by atoms with Gasteiger partial charge in [0.25, 0.3) is 0 Å². The number of phosphoric ester groups is 1. The number of allylic oxidation sites excluding steroid dienone is 2. The van der Waals surface area contributed by atoms with E-state index in [0.717, 1.165) is 44.9 Å². The lowest BCUT2D eigenvalue weighted by Gasteiger charge is -2.19. The number of carbonyl (C=O) groups is 2. The van der Waals surface area contributed by atoms with Gasteiger partial charge in [-0.1, -0.05) is 296 Å². The molecule has 0 spiro atoms. The van der Waals surface area contributed by atoms with Crippen molar-refractivity contribution in [3.8, 4) is 0 Å². The zero-order valence-electron chi connectivity index (χ0n) is 47.2. The number of phosphoric acid groups is 1. The lowest BCUT2D eigenvalue weighted by Crippen LogP contribution is -2.29. The second kappa shape index (κ2) is 58.0. The van der Waals surface area contributed by atoms with Crippen LogP contribution in [0.4, 0.5) is 0 Å². The van der Waals surface area contributed by atoms with Gasteiger partial charge < -0.3 is 20.1 Å². The number of nitrogens with two attached hydrogens (primary N) is 1. The first-order valence-electron chi connectivity index (χ1n) is 31.2. The number of carbonyl (C=O) groups excluding carboxylic acids is 2. The summed E-state index contributed by atoms with van der Waals surface area (Å²) in [6.45, 7) is 3.80. The zero-order chi connectivity index (χ0) is 51.7. The Morgan fingerprint density at radius 1 is 0.408 bits per heavy atom. The van der Waals surface area contributed by atoms with Gasteiger partial charge in [0.1, 0.15) is 6.61 Å². The fourth-order valence-corrected chi connectivity index (χ4v) is 10.3. The molecule has 0 bridgehead atoms. The molecule has 422 valence electrons. The second-order valence-electron chi connectivity index (χ2n) is 21.3. The molecule has 3 N–H and O–H groups in total. The molecule has 0 heterocycles. The molecule has 0 saturated carbocycles. The van der Waals surface area contributed by atoms with Crippen LogP contribution in [-0.4, -0.2) is 49.3 Å². The monoisotopic (exact) mass is 1030 g/mol. The van der Waals surface area contributed by atoms with Crippen molar-refractivity contribution in [2.75, 3.05) is 26.4 Å². The molecule has 0 amide bonds. The Hall–Kier alpha value is -1.25. The molecule has 71 heavy (non-hydrogen) atoms. The van der Waals surface area contributed by atoms with E-state index in [2.05, 4.69) is 26.0 Å². The molecule has 2 unspecified atom stereocenters. The summed E-state index contributed by atoms with van der Waals surface area (Å²) < 4.78 is 33.0. The number of hydrogen-bond donors (Lipinski definition) is 2. The molecule has 0 aromatic rings.